The zero-order chi connectivity index (χ0) is 18.9. The largest absolute Gasteiger partial charge is 0.492 e. The molecule has 0 amide bonds. The molecule has 3 rings (SSSR count). The highest BCUT2D eigenvalue weighted by Crippen LogP contribution is 2.31. The second-order valence-electron chi connectivity index (χ2n) is 6.82. The van der Waals surface area contributed by atoms with Gasteiger partial charge in [-0.15, -0.1) is 0 Å². The fourth-order valence-electron chi connectivity index (χ4n) is 3.17. The van der Waals surface area contributed by atoms with E-state index in [9.17, 15) is 12.8 Å². The maximum atomic E-state index is 14.2. The minimum Gasteiger partial charge on any atom is -0.492 e. The number of rotatable bonds is 4. The summed E-state index contributed by atoms with van der Waals surface area (Å²) in [5.74, 6) is -0.0728. The van der Waals surface area contributed by atoms with Crippen molar-refractivity contribution in [3.8, 4) is 5.75 Å². The summed E-state index contributed by atoms with van der Waals surface area (Å²) in [6.07, 6.45) is 0. The zero-order valence-electron chi connectivity index (χ0n) is 15.1. The Hall–Kier alpha value is -1.96. The van der Waals surface area contributed by atoms with Crippen molar-refractivity contribution in [1.29, 1.82) is 0 Å². The molecule has 0 aliphatic carbocycles. The molecule has 140 valence electrons. The van der Waals surface area contributed by atoms with Gasteiger partial charge in [0, 0.05) is 18.7 Å². The predicted octanol–water partition coefficient (Wildman–Crippen LogP) is 2.65. The fraction of sp³-hybridized carbons (Fsp3) is 0.368. The van der Waals surface area contributed by atoms with Crippen LogP contribution in [-0.4, -0.2) is 50.9 Å². The summed E-state index contributed by atoms with van der Waals surface area (Å²) in [7, 11) is -0.273. The summed E-state index contributed by atoms with van der Waals surface area (Å²) in [6, 6.07) is 10.8. The van der Waals surface area contributed by atoms with Crippen LogP contribution in [0.15, 0.2) is 47.4 Å². The van der Waals surface area contributed by atoms with E-state index in [0.29, 0.717) is 12.3 Å². The van der Waals surface area contributed by atoms with E-state index < -0.39 is 21.9 Å². The molecule has 0 aromatic heterocycles. The number of aryl methyl sites for hydroxylation is 1. The third-order valence-electron chi connectivity index (χ3n) is 4.38. The van der Waals surface area contributed by atoms with Gasteiger partial charge in [0.1, 0.15) is 23.1 Å². The third-order valence-corrected chi connectivity index (χ3v) is 6.31. The quantitative estimate of drug-likeness (QED) is 0.821. The van der Waals surface area contributed by atoms with Crippen molar-refractivity contribution in [3.63, 3.8) is 0 Å². The Morgan fingerprint density at radius 3 is 2.65 bits per heavy atom. The number of hydrogen-bond acceptors (Lipinski definition) is 4. The lowest BCUT2D eigenvalue weighted by molar-refractivity contribution is 0.184. The maximum absolute atomic E-state index is 14.2. The van der Waals surface area contributed by atoms with Crippen molar-refractivity contribution < 1.29 is 17.5 Å². The van der Waals surface area contributed by atoms with E-state index in [0.717, 1.165) is 11.1 Å². The number of sulfonamides is 1. The predicted molar refractivity (Wildman–Crippen MR) is 98.1 cm³/mol. The molecule has 2 aromatic carbocycles. The number of likely N-dealkylation sites (N-methyl/N-ethyl adjacent to an activating group) is 1. The van der Waals surface area contributed by atoms with Crippen LogP contribution in [0.25, 0.3) is 0 Å². The summed E-state index contributed by atoms with van der Waals surface area (Å²) in [6.45, 7) is 2.77. The Kier molecular flexibility index (Phi) is 5.32. The van der Waals surface area contributed by atoms with E-state index in [2.05, 4.69) is 0 Å². The van der Waals surface area contributed by atoms with Gasteiger partial charge in [0.05, 0.1) is 6.04 Å². The van der Waals surface area contributed by atoms with Gasteiger partial charge >= 0.3 is 0 Å². The average molecular weight is 378 g/mol. The van der Waals surface area contributed by atoms with Crippen LogP contribution in [0.3, 0.4) is 0 Å². The van der Waals surface area contributed by atoms with Crippen molar-refractivity contribution in [2.45, 2.75) is 24.4 Å². The number of nitrogens with zero attached hydrogens (tertiary/aromatic N) is 2. The first kappa shape index (κ1) is 18.8. The highest BCUT2D eigenvalue weighted by Gasteiger charge is 2.36. The molecule has 1 aliphatic rings. The first-order chi connectivity index (χ1) is 12.3. The molecule has 0 saturated heterocycles. The summed E-state index contributed by atoms with van der Waals surface area (Å²) >= 11 is 0. The van der Waals surface area contributed by atoms with Crippen molar-refractivity contribution in [2.75, 3.05) is 27.2 Å². The van der Waals surface area contributed by atoms with E-state index >= 15 is 0 Å². The van der Waals surface area contributed by atoms with E-state index in [-0.39, 0.29) is 18.0 Å². The molecule has 0 bridgehead atoms. The van der Waals surface area contributed by atoms with Gasteiger partial charge in [-0.1, -0.05) is 29.8 Å². The number of fused-ring (bicyclic) bond motifs is 1. The molecule has 1 heterocycles. The second kappa shape index (κ2) is 7.34. The van der Waals surface area contributed by atoms with Crippen LogP contribution in [-0.2, 0) is 16.6 Å². The van der Waals surface area contributed by atoms with Crippen LogP contribution < -0.4 is 4.74 Å². The van der Waals surface area contributed by atoms with E-state index in [1.807, 2.05) is 44.1 Å². The van der Waals surface area contributed by atoms with Crippen LogP contribution in [0.4, 0.5) is 4.39 Å². The SMILES string of the molecule is Cc1ccc2c(c1)CN(S(=O)(=O)c1ccccc1F)C(CN(C)C)CO2. The normalized spacial score (nSPS) is 18.3. The topological polar surface area (TPSA) is 49.9 Å². The molecule has 26 heavy (non-hydrogen) atoms. The highest BCUT2D eigenvalue weighted by atomic mass is 32.2. The Bertz CT molecular complexity index is 899. The fourth-order valence-corrected chi connectivity index (χ4v) is 4.81. The van der Waals surface area contributed by atoms with Gasteiger partial charge in [0.15, 0.2) is 0 Å². The molecule has 1 atom stereocenters. The Balaban J connectivity index is 2.08. The monoisotopic (exact) mass is 378 g/mol. The lowest BCUT2D eigenvalue weighted by Crippen LogP contribution is -2.47. The first-order valence-electron chi connectivity index (χ1n) is 8.42. The maximum Gasteiger partial charge on any atom is 0.246 e. The van der Waals surface area contributed by atoms with E-state index in [1.165, 1.54) is 28.6 Å². The van der Waals surface area contributed by atoms with Crippen molar-refractivity contribution in [1.82, 2.24) is 9.21 Å². The zero-order valence-corrected chi connectivity index (χ0v) is 16.0. The molecule has 0 radical (unpaired) electrons. The summed E-state index contributed by atoms with van der Waals surface area (Å²) in [4.78, 5) is 1.60. The molecule has 1 aliphatic heterocycles. The first-order valence-corrected chi connectivity index (χ1v) is 9.86. The average Bonchev–Trinajstić information content (AvgIpc) is 2.74. The van der Waals surface area contributed by atoms with Gasteiger partial charge in [-0.25, -0.2) is 12.8 Å². The summed E-state index contributed by atoms with van der Waals surface area (Å²) < 4.78 is 48.0. The molecule has 0 N–H and O–H groups in total. The number of hydrogen-bond donors (Lipinski definition) is 0. The summed E-state index contributed by atoms with van der Waals surface area (Å²) in [5, 5.41) is 0. The second-order valence-corrected chi connectivity index (χ2v) is 8.68. The number of ether oxygens (including phenoxy) is 1. The number of benzene rings is 2. The van der Waals surface area contributed by atoms with E-state index in [4.69, 9.17) is 4.74 Å². The molecule has 0 spiro atoms. The molecule has 0 fully saturated rings. The molecule has 2 aromatic rings. The number of halogens is 1. The van der Waals surface area contributed by atoms with Crippen LogP contribution in [0, 0.1) is 12.7 Å². The summed E-state index contributed by atoms with van der Waals surface area (Å²) in [5.41, 5.74) is 1.80. The van der Waals surface area contributed by atoms with E-state index in [1.54, 1.807) is 0 Å². The molecule has 7 heteroatoms. The molecule has 5 nitrogen and oxygen atoms in total. The van der Waals surface area contributed by atoms with Gasteiger partial charge < -0.3 is 9.64 Å². The molecule has 1 unspecified atom stereocenters. The van der Waals surface area contributed by atoms with Crippen LogP contribution in [0.2, 0.25) is 0 Å². The van der Waals surface area contributed by atoms with Crippen molar-refractivity contribution in [3.05, 3.63) is 59.4 Å². The smallest absolute Gasteiger partial charge is 0.246 e. The van der Waals surface area contributed by atoms with Crippen LogP contribution in [0.1, 0.15) is 11.1 Å². The Morgan fingerprint density at radius 1 is 1.23 bits per heavy atom. The lowest BCUT2D eigenvalue weighted by Gasteiger charge is -2.30. The van der Waals surface area contributed by atoms with Gasteiger partial charge in [-0.05, 0) is 39.2 Å². The lowest BCUT2D eigenvalue weighted by atomic mass is 10.1. The van der Waals surface area contributed by atoms with Crippen LogP contribution in [0.5, 0.6) is 5.75 Å². The minimum absolute atomic E-state index is 0.145. The third kappa shape index (κ3) is 3.75. The molecule has 0 saturated carbocycles. The molecular weight excluding hydrogens is 355 g/mol. The van der Waals surface area contributed by atoms with Gasteiger partial charge in [0.25, 0.3) is 0 Å². The minimum atomic E-state index is -4.01. The van der Waals surface area contributed by atoms with Gasteiger partial charge in [-0.2, -0.15) is 4.31 Å². The standard InChI is InChI=1S/C19H23FN2O3S/c1-14-8-9-18-15(10-14)11-22(16(13-25-18)12-21(2)3)26(23,24)19-7-5-4-6-17(19)20/h4-10,16H,11-13H2,1-3H3. The van der Waals surface area contributed by atoms with Crippen molar-refractivity contribution >= 4 is 10.0 Å². The Labute approximate surface area is 154 Å². The van der Waals surface area contributed by atoms with Crippen molar-refractivity contribution in [2.24, 2.45) is 0 Å². The van der Waals surface area contributed by atoms with Crippen LogP contribution >= 0.6 is 0 Å². The van der Waals surface area contributed by atoms with Gasteiger partial charge in [0.2, 0.25) is 10.0 Å². The Morgan fingerprint density at radius 2 is 1.96 bits per heavy atom. The highest BCUT2D eigenvalue weighted by molar-refractivity contribution is 7.89. The van der Waals surface area contributed by atoms with Gasteiger partial charge in [-0.3, -0.25) is 0 Å². The molecular formula is C19H23FN2O3S.